The van der Waals surface area contributed by atoms with Gasteiger partial charge in [0, 0.05) is 55.1 Å². The molecule has 13 nitrogen and oxygen atoms in total. The Balaban J connectivity index is 0.887. The zero-order valence-corrected chi connectivity index (χ0v) is 38.9. The number of anilines is 4. The van der Waals surface area contributed by atoms with Gasteiger partial charge >= 0.3 is 0 Å². The number of piperidine rings is 3. The summed E-state index contributed by atoms with van der Waals surface area (Å²) >= 11 is 1.44. The standard InChI is InChI=1S/C48H58FN9O4S2/c1-6-27-64(61,62)56-37-12-8-11-36(41(37)49)42-43(63-45(55-42)47(2,3)4)38-17-22-50-46(53-38)52-34-10-7-9-32(28-34)31-18-23-57(24-19-31)30-48(5)20-25-58(26-21-48)39-15-13-33(29-51-39)35-14-16-40(59)54-44(35)60/h7-13,15,17,22,28-29,31,35,56H,6,14,16,18-21,23-27,30H2,1-5H3,(H,50,52,53)(H,54,59,60)/t35-/m1/s1. The van der Waals surface area contributed by atoms with E-state index in [0.29, 0.717) is 47.4 Å². The number of sulfonamides is 1. The third-order valence-corrected chi connectivity index (χ3v) is 15.6. The molecule has 1 atom stereocenters. The molecule has 2 amide bonds. The summed E-state index contributed by atoms with van der Waals surface area (Å²) in [6.45, 7) is 15.3. The van der Waals surface area contributed by atoms with Crippen molar-refractivity contribution in [1.82, 2.24) is 30.2 Å². The van der Waals surface area contributed by atoms with Crippen LogP contribution in [0.2, 0.25) is 0 Å². The van der Waals surface area contributed by atoms with E-state index < -0.39 is 15.8 Å². The van der Waals surface area contributed by atoms with Crippen LogP contribution in [0.3, 0.4) is 0 Å². The predicted molar refractivity (Wildman–Crippen MR) is 252 cm³/mol. The van der Waals surface area contributed by atoms with E-state index in [0.717, 1.165) is 80.5 Å². The molecular formula is C48H58FN9O4S2. The van der Waals surface area contributed by atoms with Crippen molar-refractivity contribution in [3.63, 3.8) is 0 Å². The Morgan fingerprint density at radius 1 is 0.938 bits per heavy atom. The monoisotopic (exact) mass is 907 g/mol. The van der Waals surface area contributed by atoms with E-state index in [1.165, 1.54) is 23.0 Å². The first-order valence-electron chi connectivity index (χ1n) is 22.3. The summed E-state index contributed by atoms with van der Waals surface area (Å²) in [5.41, 5.74) is 3.96. The molecule has 0 unspecified atom stereocenters. The Hall–Kier alpha value is -5.32. The molecule has 3 aliphatic heterocycles. The molecule has 16 heteroatoms. The molecule has 338 valence electrons. The van der Waals surface area contributed by atoms with Crippen LogP contribution in [0, 0.1) is 11.2 Å². The molecule has 3 saturated heterocycles. The molecule has 3 aliphatic rings. The zero-order chi connectivity index (χ0) is 45.2. The van der Waals surface area contributed by atoms with Crippen LogP contribution < -0.4 is 20.3 Å². The van der Waals surface area contributed by atoms with Crippen LogP contribution in [-0.4, -0.2) is 83.5 Å². The number of hydrogen-bond acceptors (Lipinski definition) is 12. The second-order valence-electron chi connectivity index (χ2n) is 18.9. The van der Waals surface area contributed by atoms with Crippen molar-refractivity contribution in [2.75, 3.05) is 53.4 Å². The van der Waals surface area contributed by atoms with Gasteiger partial charge in [0.1, 0.15) is 5.82 Å². The third-order valence-electron chi connectivity index (χ3n) is 12.7. The quantitative estimate of drug-likeness (QED) is 0.0967. The van der Waals surface area contributed by atoms with Gasteiger partial charge < -0.3 is 15.1 Å². The van der Waals surface area contributed by atoms with Gasteiger partial charge in [-0.05, 0) is 110 Å². The van der Waals surface area contributed by atoms with Crippen LogP contribution in [-0.2, 0) is 25.0 Å². The summed E-state index contributed by atoms with van der Waals surface area (Å²) in [7, 11) is -3.71. The number of likely N-dealkylation sites (tertiary alicyclic amines) is 1. The SMILES string of the molecule is CCCS(=O)(=O)Nc1cccc(-c2nc(C(C)(C)C)sc2-c2ccnc(Nc3cccc(C4CCN(CC5(C)CCN(c6ccc([C@H]7CCC(=O)NC7=O)cn6)CC5)CC4)c3)n2)c1F. The number of nitrogens with zero attached hydrogens (tertiary/aromatic N) is 6. The molecule has 0 bridgehead atoms. The molecule has 0 radical (unpaired) electrons. The van der Waals surface area contributed by atoms with E-state index in [4.69, 9.17) is 15.0 Å². The van der Waals surface area contributed by atoms with Gasteiger partial charge in [0.15, 0.2) is 5.82 Å². The number of benzene rings is 2. The summed E-state index contributed by atoms with van der Waals surface area (Å²) < 4.78 is 43.7. The van der Waals surface area contributed by atoms with E-state index in [-0.39, 0.29) is 45.6 Å². The fourth-order valence-electron chi connectivity index (χ4n) is 9.02. The third kappa shape index (κ3) is 10.4. The van der Waals surface area contributed by atoms with E-state index >= 15 is 4.39 Å². The van der Waals surface area contributed by atoms with Gasteiger partial charge in [0.05, 0.1) is 38.6 Å². The molecule has 64 heavy (non-hydrogen) atoms. The number of imide groups is 1. The van der Waals surface area contributed by atoms with Crippen LogP contribution in [0.4, 0.5) is 27.5 Å². The largest absolute Gasteiger partial charge is 0.357 e. The second-order valence-corrected chi connectivity index (χ2v) is 21.7. The van der Waals surface area contributed by atoms with Gasteiger partial charge in [-0.15, -0.1) is 11.3 Å². The Morgan fingerprint density at radius 3 is 2.41 bits per heavy atom. The maximum atomic E-state index is 16.1. The number of aromatic nitrogens is 4. The smallest absolute Gasteiger partial charge is 0.234 e. The van der Waals surface area contributed by atoms with Crippen LogP contribution in [0.1, 0.15) is 108 Å². The first-order chi connectivity index (χ1) is 30.6. The van der Waals surface area contributed by atoms with Crippen molar-refractivity contribution in [3.8, 4) is 21.8 Å². The highest BCUT2D eigenvalue weighted by molar-refractivity contribution is 7.92. The number of pyridine rings is 1. The maximum Gasteiger partial charge on any atom is 0.234 e. The zero-order valence-electron chi connectivity index (χ0n) is 37.3. The average Bonchev–Trinajstić information content (AvgIpc) is 3.72. The molecule has 0 saturated carbocycles. The number of halogens is 1. The number of thiazole rings is 1. The minimum Gasteiger partial charge on any atom is -0.357 e. The van der Waals surface area contributed by atoms with Crippen LogP contribution in [0.5, 0.6) is 0 Å². The lowest BCUT2D eigenvalue weighted by Gasteiger charge is -2.44. The average molecular weight is 908 g/mol. The molecule has 2 aromatic carbocycles. The van der Waals surface area contributed by atoms with E-state index in [2.05, 4.69) is 76.0 Å². The lowest BCUT2D eigenvalue weighted by atomic mass is 9.79. The van der Waals surface area contributed by atoms with Gasteiger partial charge in [-0.1, -0.05) is 58.9 Å². The molecule has 0 spiro atoms. The molecule has 3 fully saturated rings. The Bertz CT molecular complexity index is 2600. The maximum absolute atomic E-state index is 16.1. The number of hydrogen-bond donors (Lipinski definition) is 3. The summed E-state index contributed by atoms with van der Waals surface area (Å²) in [4.78, 5) is 48.6. The number of carbonyl (C=O) groups is 2. The Labute approximate surface area is 379 Å². The Morgan fingerprint density at radius 2 is 1.70 bits per heavy atom. The fraction of sp³-hybridized carbons (Fsp3) is 0.458. The minimum absolute atomic E-state index is 0.110. The van der Waals surface area contributed by atoms with Crippen molar-refractivity contribution in [3.05, 3.63) is 95.0 Å². The van der Waals surface area contributed by atoms with Crippen LogP contribution in [0.25, 0.3) is 21.8 Å². The highest BCUT2D eigenvalue weighted by Crippen LogP contribution is 2.43. The molecule has 3 N–H and O–H groups in total. The van der Waals surface area contributed by atoms with Gasteiger partial charge in [0.25, 0.3) is 0 Å². The normalized spacial score (nSPS) is 18.8. The fourth-order valence-corrected chi connectivity index (χ4v) is 11.3. The highest BCUT2D eigenvalue weighted by atomic mass is 32.2. The summed E-state index contributed by atoms with van der Waals surface area (Å²) in [6.07, 6.45) is 9.07. The highest BCUT2D eigenvalue weighted by Gasteiger charge is 2.35. The van der Waals surface area contributed by atoms with Crippen molar-refractivity contribution in [2.45, 2.75) is 96.8 Å². The van der Waals surface area contributed by atoms with Gasteiger partial charge in [0.2, 0.25) is 27.8 Å². The van der Waals surface area contributed by atoms with Crippen molar-refractivity contribution < 1.29 is 22.4 Å². The second kappa shape index (κ2) is 18.6. The van der Waals surface area contributed by atoms with Crippen molar-refractivity contribution >= 4 is 56.3 Å². The lowest BCUT2D eigenvalue weighted by molar-refractivity contribution is -0.134. The first kappa shape index (κ1) is 45.3. The van der Waals surface area contributed by atoms with Gasteiger partial charge in [-0.3, -0.25) is 19.6 Å². The molecule has 6 heterocycles. The number of amides is 2. The number of nitrogens with one attached hydrogen (secondary N) is 3. The topological polar surface area (TPSA) is 162 Å². The van der Waals surface area contributed by atoms with Gasteiger partial charge in [-0.25, -0.2) is 32.7 Å². The number of rotatable bonds is 13. The van der Waals surface area contributed by atoms with Crippen molar-refractivity contribution in [2.24, 2.45) is 5.41 Å². The van der Waals surface area contributed by atoms with E-state index in [1.807, 2.05) is 18.2 Å². The summed E-state index contributed by atoms with van der Waals surface area (Å²) in [5, 5.41) is 6.66. The van der Waals surface area contributed by atoms with Crippen molar-refractivity contribution in [1.29, 1.82) is 0 Å². The van der Waals surface area contributed by atoms with Crippen LogP contribution >= 0.6 is 11.3 Å². The van der Waals surface area contributed by atoms with Crippen LogP contribution in [0.15, 0.2) is 73.1 Å². The minimum atomic E-state index is -3.71. The Kier molecular flexibility index (Phi) is 13.2. The molecule has 0 aliphatic carbocycles. The molecule has 3 aromatic heterocycles. The predicted octanol–water partition coefficient (Wildman–Crippen LogP) is 9.00. The molecule has 8 rings (SSSR count). The molecule has 5 aromatic rings. The van der Waals surface area contributed by atoms with E-state index in [9.17, 15) is 18.0 Å². The lowest BCUT2D eigenvalue weighted by Crippen LogP contribution is -2.46. The van der Waals surface area contributed by atoms with Gasteiger partial charge in [-0.2, -0.15) is 0 Å². The summed E-state index contributed by atoms with van der Waals surface area (Å²) in [6, 6.07) is 18.9. The summed E-state index contributed by atoms with van der Waals surface area (Å²) in [5.74, 6) is 0.209. The number of carbonyl (C=O) groups excluding carboxylic acids is 2. The van der Waals surface area contributed by atoms with E-state index in [1.54, 1.807) is 37.5 Å². The first-order valence-corrected chi connectivity index (χ1v) is 24.8. The molecular weight excluding hydrogens is 850 g/mol.